The summed E-state index contributed by atoms with van der Waals surface area (Å²) < 4.78 is 0. The number of primary amides is 1. The Balaban J connectivity index is 2.53. The number of nitrogens with two attached hydrogens (primary N) is 3. The van der Waals surface area contributed by atoms with Crippen molar-refractivity contribution in [2.24, 2.45) is 39.9 Å². The van der Waals surface area contributed by atoms with E-state index >= 15 is 0 Å². The Morgan fingerprint density at radius 3 is 1.49 bits per heavy atom. The minimum atomic E-state index is -1.93. The number of nitrogens with one attached hydrogen (secondary N) is 10. The number of hydrogen-bond acceptors (Lipinski definition) is 14. The summed E-state index contributed by atoms with van der Waals surface area (Å²) in [6.45, 7) is 12.0. The van der Waals surface area contributed by atoms with Crippen molar-refractivity contribution in [3.8, 4) is 0 Å². The second-order valence-electron chi connectivity index (χ2n) is 20.9. The Morgan fingerprint density at radius 2 is 0.975 bits per heavy atom. The predicted octanol–water partition coefficient (Wildman–Crippen LogP) is -2.88. The van der Waals surface area contributed by atoms with E-state index in [9.17, 15) is 72.9 Å². The number of carboxylic acid groups (broad SMARTS) is 2. The molecule has 0 unspecified atom stereocenters. The highest BCUT2D eigenvalue weighted by atomic mass is 16.4. The number of guanidine groups is 1. The topological polar surface area (TPSA) is 480 Å². The third-order valence-electron chi connectivity index (χ3n) is 12.3. The van der Waals surface area contributed by atoms with Gasteiger partial charge in [0.25, 0.3) is 0 Å². The molecule has 19 N–H and O–H groups in total. The zero-order valence-electron chi connectivity index (χ0n) is 47.0. The average molecular weight is 1140 g/mol. The number of para-hydroxylation sites is 1. The number of aromatic nitrogens is 1. The number of aliphatic imine (C=N–C) groups is 1. The zero-order chi connectivity index (χ0) is 61.3. The van der Waals surface area contributed by atoms with Gasteiger partial charge in [-0.25, -0.2) is 0 Å². The number of aliphatic hydroxyl groups excluding tert-OH is 1. The van der Waals surface area contributed by atoms with Crippen LogP contribution in [0.5, 0.6) is 0 Å². The molecule has 1 aromatic carbocycles. The van der Waals surface area contributed by atoms with E-state index in [4.69, 9.17) is 17.2 Å². The Bertz CT molecular complexity index is 2570. The van der Waals surface area contributed by atoms with Crippen molar-refractivity contribution < 1.29 is 72.9 Å². The molecule has 29 heteroatoms. The van der Waals surface area contributed by atoms with Crippen LogP contribution in [0.1, 0.15) is 112 Å². The minimum Gasteiger partial charge on any atom is -0.481 e. The van der Waals surface area contributed by atoms with Gasteiger partial charge in [-0.1, -0.05) is 59.7 Å². The van der Waals surface area contributed by atoms with Gasteiger partial charge in [0.15, 0.2) is 5.96 Å². The first-order valence-corrected chi connectivity index (χ1v) is 26.6. The number of rotatable bonds is 36. The van der Waals surface area contributed by atoms with Crippen molar-refractivity contribution in [3.63, 3.8) is 0 Å². The number of nitrogens with zero attached hydrogens (tertiary/aromatic N) is 1. The van der Waals surface area contributed by atoms with Crippen molar-refractivity contribution in [2.75, 3.05) is 13.2 Å². The van der Waals surface area contributed by atoms with E-state index in [1.54, 1.807) is 72.0 Å². The number of benzene rings is 1. The van der Waals surface area contributed by atoms with E-state index < -0.39 is 151 Å². The van der Waals surface area contributed by atoms with E-state index in [0.717, 1.165) is 0 Å². The molecular formula is C52H82N14O15. The molecule has 29 nitrogen and oxygen atoms in total. The summed E-state index contributed by atoms with van der Waals surface area (Å²) in [5.74, 6) is -13.1. The van der Waals surface area contributed by atoms with Gasteiger partial charge in [0.1, 0.15) is 54.4 Å². The maximum absolute atomic E-state index is 14.5. The van der Waals surface area contributed by atoms with Crippen LogP contribution >= 0.6 is 0 Å². The van der Waals surface area contributed by atoms with Gasteiger partial charge < -0.3 is 85.4 Å². The van der Waals surface area contributed by atoms with Crippen molar-refractivity contribution in [2.45, 2.75) is 168 Å². The van der Waals surface area contributed by atoms with Gasteiger partial charge in [0.05, 0.1) is 13.0 Å². The number of aliphatic hydroxyl groups is 1. The molecule has 0 saturated carbocycles. The summed E-state index contributed by atoms with van der Waals surface area (Å²) in [6.07, 6.45) is -0.806. The molecular weight excluding hydrogens is 1060 g/mol. The largest absolute Gasteiger partial charge is 0.481 e. The summed E-state index contributed by atoms with van der Waals surface area (Å²) in [5, 5.41) is 52.1. The lowest BCUT2D eigenvalue weighted by atomic mass is 10.00. The highest BCUT2D eigenvalue weighted by molar-refractivity contribution is 5.99. The summed E-state index contributed by atoms with van der Waals surface area (Å²) in [4.78, 5) is 166. The molecule has 0 aliphatic heterocycles. The fourth-order valence-electron chi connectivity index (χ4n) is 8.30. The minimum absolute atomic E-state index is 0.00507. The van der Waals surface area contributed by atoms with Crippen molar-refractivity contribution in [1.82, 2.24) is 52.8 Å². The van der Waals surface area contributed by atoms with Gasteiger partial charge in [-0.3, -0.25) is 62.5 Å². The number of aromatic amines is 1. The van der Waals surface area contributed by atoms with E-state index in [1.165, 1.54) is 13.8 Å². The standard InChI is InChI=1S/C52H82N14O15/c1-25(2)18-35(43(53)73)62-51(81)40(24-67)66-44(74)28(7)58-47(77)38(21-30-23-57-32-13-10-9-12-31(30)32)64-45(75)33(14-11-17-56-52(54)55)60-50(80)39(22-42(71)72)65-49(79)37(20-27(5)6)63-46(76)34(15-16-41(69)70)61-48(78)36(19-26(3)4)59-29(8)68/h9-10,12-13,23,25-28,33-40,57,67H,11,14-22,24H2,1-8H3,(H2,53,73)(H,58,77)(H,59,68)(H,60,80)(H,61,78)(H,62,81)(H,63,76)(H,64,75)(H,65,79)(H,66,74)(H,69,70)(H,71,72)(H4,54,55,56)/t28-,33-,34-,35-,36-,37-,38-,39-,40-/m0/s1. The number of hydrogen-bond donors (Lipinski definition) is 16. The van der Waals surface area contributed by atoms with Crippen LogP contribution in [0.3, 0.4) is 0 Å². The predicted molar refractivity (Wildman–Crippen MR) is 294 cm³/mol. The maximum atomic E-state index is 14.5. The maximum Gasteiger partial charge on any atom is 0.305 e. The van der Waals surface area contributed by atoms with Gasteiger partial charge in [0, 0.05) is 43.4 Å². The summed E-state index contributed by atoms with van der Waals surface area (Å²) in [5.41, 5.74) is 17.6. The van der Waals surface area contributed by atoms with Gasteiger partial charge in [0.2, 0.25) is 59.1 Å². The molecule has 9 atom stereocenters. The summed E-state index contributed by atoms with van der Waals surface area (Å²) in [6, 6.07) is -6.39. The molecule has 0 aliphatic carbocycles. The first-order valence-electron chi connectivity index (χ1n) is 26.6. The van der Waals surface area contributed by atoms with Crippen LogP contribution in [0.2, 0.25) is 0 Å². The number of amides is 10. The lowest BCUT2D eigenvalue weighted by Crippen LogP contribution is -2.61. The molecule has 0 saturated heterocycles. The van der Waals surface area contributed by atoms with Crippen LogP contribution in [-0.4, -0.2) is 165 Å². The van der Waals surface area contributed by atoms with Crippen molar-refractivity contribution in [1.29, 1.82) is 0 Å². The molecule has 2 rings (SSSR count). The zero-order valence-corrected chi connectivity index (χ0v) is 47.0. The Hall–Kier alpha value is -8.37. The fraction of sp³-hybridized carbons (Fsp3) is 0.596. The summed E-state index contributed by atoms with van der Waals surface area (Å²) >= 11 is 0. The molecule has 0 aliphatic rings. The first-order chi connectivity index (χ1) is 37.9. The Labute approximate surface area is 469 Å². The van der Waals surface area contributed by atoms with Crippen molar-refractivity contribution in [3.05, 3.63) is 36.0 Å². The molecule has 2 aromatic rings. The smallest absolute Gasteiger partial charge is 0.305 e. The second-order valence-corrected chi connectivity index (χ2v) is 20.9. The molecule has 81 heavy (non-hydrogen) atoms. The lowest BCUT2D eigenvalue weighted by Gasteiger charge is -2.28. The lowest BCUT2D eigenvalue weighted by molar-refractivity contribution is -0.142. The fourth-order valence-corrected chi connectivity index (χ4v) is 8.30. The van der Waals surface area contributed by atoms with Crippen LogP contribution in [0.4, 0.5) is 0 Å². The third kappa shape index (κ3) is 25.1. The van der Waals surface area contributed by atoms with Crippen LogP contribution < -0.4 is 65.1 Å². The number of carbonyl (C=O) groups is 12. The van der Waals surface area contributed by atoms with E-state index in [2.05, 4.69) is 57.8 Å². The van der Waals surface area contributed by atoms with E-state index in [0.29, 0.717) is 16.5 Å². The molecule has 1 heterocycles. The Kier molecular flexibility index (Phi) is 28.8. The van der Waals surface area contributed by atoms with Gasteiger partial charge in [-0.2, -0.15) is 0 Å². The SMILES string of the molecule is CC(=O)N[C@@H](CC(C)C)C(=O)N[C@@H](CCC(=O)O)C(=O)N[C@@H](CC(C)C)C(=O)N[C@@H](CC(=O)O)C(=O)N[C@@H](CCCN=C(N)N)C(=O)N[C@@H](Cc1c[nH]c2ccccc12)C(=O)N[C@@H](C)C(=O)N[C@@H](CO)C(=O)N[C@@H](CC(C)C)C(N)=O. The van der Waals surface area contributed by atoms with Crippen LogP contribution in [-0.2, 0) is 64.0 Å². The molecule has 0 radical (unpaired) electrons. The van der Waals surface area contributed by atoms with Crippen LogP contribution in [0, 0.1) is 17.8 Å². The highest BCUT2D eigenvalue weighted by Gasteiger charge is 2.36. The Morgan fingerprint density at radius 1 is 0.531 bits per heavy atom. The highest BCUT2D eigenvalue weighted by Crippen LogP contribution is 2.20. The summed E-state index contributed by atoms with van der Waals surface area (Å²) in [7, 11) is 0. The molecule has 0 fully saturated rings. The monoisotopic (exact) mass is 1140 g/mol. The number of fused-ring (bicyclic) bond motifs is 1. The number of H-pyrrole nitrogens is 1. The van der Waals surface area contributed by atoms with E-state index in [-0.39, 0.29) is 68.8 Å². The average Bonchev–Trinajstić information content (AvgIpc) is 3.85. The molecule has 0 bridgehead atoms. The molecule has 0 spiro atoms. The normalized spacial score (nSPS) is 14.5. The number of carboxylic acids is 2. The second kappa shape index (κ2) is 33.9. The quantitative estimate of drug-likeness (QED) is 0.0185. The third-order valence-corrected chi connectivity index (χ3v) is 12.3. The van der Waals surface area contributed by atoms with Gasteiger partial charge in [-0.15, -0.1) is 0 Å². The number of aliphatic carboxylic acids is 2. The van der Waals surface area contributed by atoms with Gasteiger partial charge >= 0.3 is 11.9 Å². The molecule has 450 valence electrons. The van der Waals surface area contributed by atoms with Crippen molar-refractivity contribution >= 4 is 87.9 Å². The molecule has 10 amide bonds. The van der Waals surface area contributed by atoms with E-state index in [1.807, 2.05) is 0 Å². The van der Waals surface area contributed by atoms with Crippen LogP contribution in [0.25, 0.3) is 10.9 Å². The molecule has 1 aromatic heterocycles. The number of carbonyl (C=O) groups excluding carboxylic acids is 10. The van der Waals surface area contributed by atoms with Gasteiger partial charge in [-0.05, 0) is 74.8 Å². The first kappa shape index (κ1) is 68.7. The van der Waals surface area contributed by atoms with Crippen LogP contribution in [0.15, 0.2) is 35.5 Å².